The van der Waals surface area contributed by atoms with Crippen LogP contribution in [0.2, 0.25) is 0 Å². The molecule has 1 fully saturated rings. The summed E-state index contributed by atoms with van der Waals surface area (Å²) in [6.45, 7) is 0.351. The van der Waals surface area contributed by atoms with Gasteiger partial charge in [0.05, 0.1) is 11.2 Å². The van der Waals surface area contributed by atoms with Gasteiger partial charge >= 0.3 is 5.97 Å². The number of imidazole rings is 1. The molecule has 2 aromatic carbocycles. The van der Waals surface area contributed by atoms with E-state index in [1.807, 2.05) is 12.1 Å². The Morgan fingerprint density at radius 3 is 2.39 bits per heavy atom. The van der Waals surface area contributed by atoms with Crippen LogP contribution in [0.5, 0.6) is 11.5 Å². The highest BCUT2D eigenvalue weighted by Crippen LogP contribution is 2.27. The van der Waals surface area contributed by atoms with Crippen LogP contribution in [0.4, 0.5) is 4.79 Å². The fraction of sp³-hybridized carbons (Fsp3) is 0.200. The van der Waals surface area contributed by atoms with Gasteiger partial charge in [0.25, 0.3) is 11.1 Å². The summed E-state index contributed by atoms with van der Waals surface area (Å²) in [7, 11) is 0. The van der Waals surface area contributed by atoms with Crippen LogP contribution < -0.4 is 21.1 Å². The molecule has 0 bridgehead atoms. The van der Waals surface area contributed by atoms with Crippen molar-refractivity contribution < 1.29 is 24.2 Å². The zero-order valence-electron chi connectivity index (χ0n) is 19.1. The zero-order chi connectivity index (χ0) is 25.5. The largest absolute Gasteiger partial charge is 0.480 e. The number of amides is 2. The van der Waals surface area contributed by atoms with Gasteiger partial charge in [-0.3, -0.25) is 19.7 Å². The van der Waals surface area contributed by atoms with E-state index >= 15 is 0 Å². The van der Waals surface area contributed by atoms with Crippen LogP contribution in [0.25, 0.3) is 6.08 Å². The van der Waals surface area contributed by atoms with E-state index < -0.39 is 17.9 Å². The Bertz CT molecular complexity index is 1240. The molecule has 11 heteroatoms. The van der Waals surface area contributed by atoms with Crippen molar-refractivity contribution in [2.75, 3.05) is 6.54 Å². The molecule has 4 rings (SSSR count). The van der Waals surface area contributed by atoms with Gasteiger partial charge in [-0.2, -0.15) is 0 Å². The van der Waals surface area contributed by atoms with Crippen LogP contribution in [0.15, 0.2) is 66.0 Å². The number of rotatable bonds is 11. The first kappa shape index (κ1) is 25.2. The number of carbonyl (C=O) groups excluding carboxylic acids is 2. The monoisotopic (exact) mass is 507 g/mol. The third-order valence-electron chi connectivity index (χ3n) is 5.38. The number of ether oxygens (including phenoxy) is 1. The van der Waals surface area contributed by atoms with Gasteiger partial charge in [0, 0.05) is 30.9 Å². The third kappa shape index (κ3) is 7.04. The highest BCUT2D eigenvalue weighted by Gasteiger charge is 2.25. The second-order valence-electron chi connectivity index (χ2n) is 8.21. The molecule has 0 radical (unpaired) electrons. The minimum Gasteiger partial charge on any atom is -0.480 e. The molecular formula is C25H25N5O5S. The van der Waals surface area contributed by atoms with Crippen molar-refractivity contribution in [3.8, 4) is 11.5 Å². The van der Waals surface area contributed by atoms with Crippen LogP contribution in [0.1, 0.15) is 16.8 Å². The van der Waals surface area contributed by atoms with Crippen molar-refractivity contribution in [1.82, 2.24) is 20.6 Å². The van der Waals surface area contributed by atoms with Crippen molar-refractivity contribution in [2.24, 2.45) is 5.73 Å². The Labute approximate surface area is 211 Å². The number of hydrogen-bond donors (Lipinski definition) is 5. The van der Waals surface area contributed by atoms with Gasteiger partial charge in [0.15, 0.2) is 0 Å². The van der Waals surface area contributed by atoms with Gasteiger partial charge in [-0.05, 0) is 59.7 Å². The van der Waals surface area contributed by atoms with Crippen molar-refractivity contribution in [3.63, 3.8) is 0 Å². The molecule has 36 heavy (non-hydrogen) atoms. The molecule has 2 atom stereocenters. The van der Waals surface area contributed by atoms with Crippen LogP contribution in [0.3, 0.4) is 0 Å². The molecule has 6 N–H and O–H groups in total. The van der Waals surface area contributed by atoms with Crippen molar-refractivity contribution in [3.05, 3.63) is 82.8 Å². The molecule has 1 aliphatic heterocycles. The number of nitrogens with one attached hydrogen (secondary N) is 3. The first-order valence-electron chi connectivity index (χ1n) is 11.2. The fourth-order valence-electron chi connectivity index (χ4n) is 3.56. The molecule has 1 aromatic heterocycles. The van der Waals surface area contributed by atoms with Crippen LogP contribution in [-0.4, -0.2) is 50.8 Å². The molecule has 0 aliphatic carbocycles. The maximum absolute atomic E-state index is 11.7. The molecule has 2 heterocycles. The minimum atomic E-state index is -0.947. The highest BCUT2D eigenvalue weighted by atomic mass is 32.2. The Kier molecular flexibility index (Phi) is 8.16. The maximum Gasteiger partial charge on any atom is 0.321 e. The molecule has 1 aliphatic rings. The van der Waals surface area contributed by atoms with E-state index in [1.165, 1.54) is 0 Å². The number of benzene rings is 2. The van der Waals surface area contributed by atoms with Gasteiger partial charge in [-0.15, -0.1) is 0 Å². The van der Waals surface area contributed by atoms with Crippen LogP contribution in [-0.2, 0) is 22.4 Å². The summed E-state index contributed by atoms with van der Waals surface area (Å²) in [6, 6.07) is 13.3. The Balaban J connectivity index is 1.29. The molecule has 0 spiro atoms. The Hall–Kier alpha value is -3.93. The van der Waals surface area contributed by atoms with E-state index in [0.29, 0.717) is 35.8 Å². The van der Waals surface area contributed by atoms with Gasteiger partial charge in [-0.25, -0.2) is 4.98 Å². The average molecular weight is 508 g/mol. The minimum absolute atomic E-state index is 0.248. The fourth-order valence-corrected chi connectivity index (χ4v) is 4.24. The van der Waals surface area contributed by atoms with Crippen molar-refractivity contribution >= 4 is 35.0 Å². The number of aromatic nitrogens is 2. The summed E-state index contributed by atoms with van der Waals surface area (Å²) >= 11 is 0.866. The number of imide groups is 1. The number of thioether (sulfide) groups is 1. The lowest BCUT2D eigenvalue weighted by Crippen LogP contribution is -2.45. The number of hydrogen-bond acceptors (Lipinski definition) is 8. The number of nitrogens with two attached hydrogens (primary N) is 1. The van der Waals surface area contributed by atoms with Crippen molar-refractivity contribution in [2.45, 2.75) is 24.9 Å². The quantitative estimate of drug-likeness (QED) is 0.246. The SMILES string of the molecule is NC(CNC(Cc1ccc(Oc2ccc(C=C3SC(=O)NC3=O)cc2)cc1)C(=O)O)Cc1cnc[nH]1. The van der Waals surface area contributed by atoms with Crippen LogP contribution >= 0.6 is 11.8 Å². The molecule has 186 valence electrons. The number of nitrogens with zero attached hydrogens (tertiary/aromatic N) is 1. The molecular weight excluding hydrogens is 482 g/mol. The maximum atomic E-state index is 11.7. The summed E-state index contributed by atoms with van der Waals surface area (Å²) in [4.78, 5) is 41.9. The molecule has 10 nitrogen and oxygen atoms in total. The van der Waals surface area contributed by atoms with E-state index in [0.717, 1.165) is 28.6 Å². The van der Waals surface area contributed by atoms with Crippen LogP contribution in [0, 0.1) is 0 Å². The summed E-state index contributed by atoms with van der Waals surface area (Å²) < 4.78 is 5.86. The predicted molar refractivity (Wildman–Crippen MR) is 135 cm³/mol. The van der Waals surface area contributed by atoms with Gasteiger partial charge in [-0.1, -0.05) is 24.3 Å². The summed E-state index contributed by atoms with van der Waals surface area (Å²) in [5.41, 5.74) is 8.61. The lowest BCUT2D eigenvalue weighted by molar-refractivity contribution is -0.139. The molecule has 2 unspecified atom stereocenters. The number of carbonyl (C=O) groups is 3. The number of aromatic amines is 1. The number of H-pyrrole nitrogens is 1. The first-order valence-corrected chi connectivity index (χ1v) is 12.0. The highest BCUT2D eigenvalue weighted by molar-refractivity contribution is 8.18. The first-order chi connectivity index (χ1) is 17.4. The molecule has 2 amide bonds. The summed E-state index contributed by atoms with van der Waals surface area (Å²) in [5, 5.41) is 14.5. The lowest BCUT2D eigenvalue weighted by atomic mass is 10.0. The summed E-state index contributed by atoms with van der Waals surface area (Å²) in [6.07, 6.45) is 5.78. The summed E-state index contributed by atoms with van der Waals surface area (Å²) in [5.74, 6) is -0.150. The Morgan fingerprint density at radius 2 is 1.81 bits per heavy atom. The average Bonchev–Trinajstić information content (AvgIpc) is 3.47. The zero-order valence-corrected chi connectivity index (χ0v) is 20.0. The lowest BCUT2D eigenvalue weighted by Gasteiger charge is -2.18. The van der Waals surface area contributed by atoms with Gasteiger partial charge in [0.2, 0.25) is 0 Å². The topological polar surface area (TPSA) is 159 Å². The van der Waals surface area contributed by atoms with E-state index in [4.69, 9.17) is 10.5 Å². The second kappa shape index (κ2) is 11.7. The third-order valence-corrected chi connectivity index (χ3v) is 6.19. The second-order valence-corrected chi connectivity index (χ2v) is 9.23. The van der Waals surface area contributed by atoms with Gasteiger partial charge < -0.3 is 25.9 Å². The van der Waals surface area contributed by atoms with E-state index in [2.05, 4.69) is 20.6 Å². The Morgan fingerprint density at radius 1 is 1.11 bits per heavy atom. The smallest absolute Gasteiger partial charge is 0.321 e. The predicted octanol–water partition coefficient (Wildman–Crippen LogP) is 2.68. The van der Waals surface area contributed by atoms with Gasteiger partial charge in [0.1, 0.15) is 17.5 Å². The molecule has 3 aromatic rings. The van der Waals surface area contributed by atoms with Crippen molar-refractivity contribution in [1.29, 1.82) is 0 Å². The van der Waals surface area contributed by atoms with E-state index in [9.17, 15) is 19.5 Å². The normalized spacial score (nSPS) is 16.1. The number of carboxylic acids is 1. The number of aliphatic carboxylic acids is 1. The standard InChI is InChI=1S/C25H25N5O5S/c26-17(11-18-13-27-14-29-18)12-28-21(24(32)33)9-15-1-5-19(6-2-15)35-20-7-3-16(4-8-20)10-22-23(31)30-25(34)36-22/h1-8,10,13-14,17,21,28H,9,11-12,26H2,(H,27,29)(H,32,33)(H,30,31,34). The van der Waals surface area contributed by atoms with E-state index in [-0.39, 0.29) is 11.3 Å². The number of carboxylic acid groups (broad SMARTS) is 1. The van der Waals surface area contributed by atoms with E-state index in [1.54, 1.807) is 55.0 Å². The molecule has 0 saturated carbocycles. The molecule has 1 saturated heterocycles.